The quantitative estimate of drug-likeness (QED) is 0.664. The first-order chi connectivity index (χ1) is 13.0. The van der Waals surface area contributed by atoms with Gasteiger partial charge in [-0.2, -0.15) is 0 Å². The number of anilines is 1. The molecule has 3 aromatic carbocycles. The van der Waals surface area contributed by atoms with Crippen molar-refractivity contribution in [3.8, 4) is 16.9 Å². The van der Waals surface area contributed by atoms with Crippen LogP contribution in [0.25, 0.3) is 11.1 Å². The fourth-order valence-corrected chi connectivity index (χ4v) is 2.73. The number of hydrogen-bond donors (Lipinski definition) is 1. The molecule has 0 atom stereocenters. The highest BCUT2D eigenvalue weighted by molar-refractivity contribution is 6.06. The summed E-state index contributed by atoms with van der Waals surface area (Å²) < 4.78 is 33.8. The minimum absolute atomic E-state index is 0.0438. The molecule has 27 heavy (non-hydrogen) atoms. The van der Waals surface area contributed by atoms with Crippen LogP contribution in [0.5, 0.6) is 5.75 Å². The summed E-state index contributed by atoms with van der Waals surface area (Å²) >= 11 is 0. The maximum atomic E-state index is 14.5. The minimum atomic E-state index is -0.798. The van der Waals surface area contributed by atoms with Crippen molar-refractivity contribution in [2.45, 2.75) is 6.92 Å². The number of ether oxygens (including phenoxy) is 1. The molecule has 0 bridgehead atoms. The molecule has 0 unspecified atom stereocenters. The van der Waals surface area contributed by atoms with Crippen molar-refractivity contribution in [2.24, 2.45) is 0 Å². The lowest BCUT2D eigenvalue weighted by Gasteiger charge is -2.11. The van der Waals surface area contributed by atoms with Gasteiger partial charge >= 0.3 is 0 Å². The van der Waals surface area contributed by atoms with Crippen molar-refractivity contribution in [3.05, 3.63) is 83.4 Å². The second-order valence-corrected chi connectivity index (χ2v) is 5.85. The molecule has 3 aromatic rings. The van der Waals surface area contributed by atoms with Crippen LogP contribution in [0.3, 0.4) is 0 Å². The first kappa shape index (κ1) is 18.3. The average Bonchev–Trinajstić information content (AvgIpc) is 2.62. The largest absolute Gasteiger partial charge is 0.428 e. The number of carbonyl (C=O) groups excluding carboxylic acids is 2. The molecule has 6 heteroatoms. The van der Waals surface area contributed by atoms with Crippen LogP contribution in [0.1, 0.15) is 15.9 Å². The fraction of sp³-hybridized carbons (Fsp3) is 0.0476. The SMILES string of the molecule is Cc1cccc(-c2c(F)cc(NC(=O)c3ccccc3OC=O)cc2F)c1. The molecule has 0 heterocycles. The van der Waals surface area contributed by atoms with E-state index in [1.165, 1.54) is 12.1 Å². The van der Waals surface area contributed by atoms with E-state index in [2.05, 4.69) is 5.32 Å². The molecular weight excluding hydrogens is 352 g/mol. The predicted molar refractivity (Wildman–Crippen MR) is 97.6 cm³/mol. The lowest BCUT2D eigenvalue weighted by Crippen LogP contribution is -2.14. The van der Waals surface area contributed by atoms with Crippen LogP contribution in [0.4, 0.5) is 14.5 Å². The zero-order valence-corrected chi connectivity index (χ0v) is 14.3. The molecular formula is C21H15F2NO3. The number of para-hydroxylation sites is 1. The number of aryl methyl sites for hydroxylation is 1. The van der Waals surface area contributed by atoms with Gasteiger partial charge in [0, 0.05) is 5.69 Å². The van der Waals surface area contributed by atoms with Crippen LogP contribution in [0.2, 0.25) is 0 Å². The third-order valence-electron chi connectivity index (χ3n) is 3.91. The predicted octanol–water partition coefficient (Wildman–Crippen LogP) is 4.73. The average molecular weight is 367 g/mol. The lowest BCUT2D eigenvalue weighted by atomic mass is 10.0. The molecule has 0 fully saturated rings. The Hall–Kier alpha value is -3.54. The van der Waals surface area contributed by atoms with Gasteiger partial charge in [-0.3, -0.25) is 9.59 Å². The summed E-state index contributed by atoms with van der Waals surface area (Å²) in [6.07, 6.45) is 0. The molecule has 0 radical (unpaired) electrons. The van der Waals surface area contributed by atoms with E-state index in [1.807, 2.05) is 13.0 Å². The number of hydrogen-bond acceptors (Lipinski definition) is 3. The normalized spacial score (nSPS) is 10.3. The van der Waals surface area contributed by atoms with Crippen LogP contribution in [0, 0.1) is 18.6 Å². The minimum Gasteiger partial charge on any atom is -0.428 e. The van der Waals surface area contributed by atoms with Gasteiger partial charge in [-0.15, -0.1) is 0 Å². The molecule has 1 N–H and O–H groups in total. The lowest BCUT2D eigenvalue weighted by molar-refractivity contribution is -0.120. The molecule has 0 aromatic heterocycles. The summed E-state index contributed by atoms with van der Waals surface area (Å²) in [6, 6.07) is 14.9. The second kappa shape index (κ2) is 7.78. The Morgan fingerprint density at radius 2 is 1.70 bits per heavy atom. The topological polar surface area (TPSA) is 55.4 Å². The van der Waals surface area contributed by atoms with Gasteiger partial charge in [0.05, 0.1) is 11.1 Å². The Morgan fingerprint density at radius 3 is 2.37 bits per heavy atom. The maximum absolute atomic E-state index is 14.5. The van der Waals surface area contributed by atoms with Crippen molar-refractivity contribution in [3.63, 3.8) is 0 Å². The first-order valence-electron chi connectivity index (χ1n) is 8.06. The van der Waals surface area contributed by atoms with E-state index in [-0.39, 0.29) is 29.0 Å². The Kier molecular flexibility index (Phi) is 5.26. The molecule has 3 rings (SSSR count). The Labute approximate surface area is 154 Å². The standard InChI is InChI=1S/C21H15F2NO3/c1-13-5-4-6-14(9-13)20-17(22)10-15(11-18(20)23)24-21(26)16-7-2-3-8-19(16)27-12-25/h2-12H,1H3,(H,24,26). The smallest absolute Gasteiger partial charge is 0.298 e. The van der Waals surface area contributed by atoms with Crippen LogP contribution >= 0.6 is 0 Å². The van der Waals surface area contributed by atoms with Crippen LogP contribution in [-0.2, 0) is 4.79 Å². The van der Waals surface area contributed by atoms with E-state index >= 15 is 0 Å². The van der Waals surface area contributed by atoms with E-state index in [0.717, 1.165) is 17.7 Å². The number of nitrogens with one attached hydrogen (secondary N) is 1. The van der Waals surface area contributed by atoms with E-state index in [0.29, 0.717) is 5.56 Å². The third kappa shape index (κ3) is 4.00. The van der Waals surface area contributed by atoms with Crippen molar-refractivity contribution in [2.75, 3.05) is 5.32 Å². The van der Waals surface area contributed by atoms with Gasteiger partial charge < -0.3 is 10.1 Å². The van der Waals surface area contributed by atoms with Crippen LogP contribution < -0.4 is 10.1 Å². The van der Waals surface area contributed by atoms with Gasteiger partial charge in [0.2, 0.25) is 0 Å². The van der Waals surface area contributed by atoms with Gasteiger partial charge in [0.15, 0.2) is 0 Å². The molecule has 0 aliphatic heterocycles. The highest BCUT2D eigenvalue weighted by Gasteiger charge is 2.17. The molecule has 0 aliphatic carbocycles. The van der Waals surface area contributed by atoms with Crippen molar-refractivity contribution in [1.82, 2.24) is 0 Å². The van der Waals surface area contributed by atoms with E-state index < -0.39 is 17.5 Å². The van der Waals surface area contributed by atoms with E-state index in [1.54, 1.807) is 30.3 Å². The van der Waals surface area contributed by atoms with Gasteiger partial charge in [-0.05, 0) is 36.8 Å². The van der Waals surface area contributed by atoms with Crippen molar-refractivity contribution >= 4 is 18.1 Å². The highest BCUT2D eigenvalue weighted by Crippen LogP contribution is 2.30. The summed E-state index contributed by atoms with van der Waals surface area (Å²) in [7, 11) is 0. The Morgan fingerprint density at radius 1 is 1.00 bits per heavy atom. The summed E-state index contributed by atoms with van der Waals surface area (Å²) in [6.45, 7) is 2.02. The van der Waals surface area contributed by atoms with Gasteiger partial charge in [-0.25, -0.2) is 8.78 Å². The Bertz CT molecular complexity index is 995. The third-order valence-corrected chi connectivity index (χ3v) is 3.91. The van der Waals surface area contributed by atoms with E-state index in [9.17, 15) is 18.4 Å². The fourth-order valence-electron chi connectivity index (χ4n) is 2.73. The summed E-state index contributed by atoms with van der Waals surface area (Å²) in [4.78, 5) is 22.9. The van der Waals surface area contributed by atoms with Crippen molar-refractivity contribution in [1.29, 1.82) is 0 Å². The van der Waals surface area contributed by atoms with Gasteiger partial charge in [0.25, 0.3) is 12.4 Å². The monoisotopic (exact) mass is 367 g/mol. The summed E-state index contributed by atoms with van der Waals surface area (Å²) in [5.74, 6) is -2.21. The zero-order chi connectivity index (χ0) is 19.4. The molecule has 0 saturated heterocycles. The van der Waals surface area contributed by atoms with E-state index in [4.69, 9.17) is 4.74 Å². The second-order valence-electron chi connectivity index (χ2n) is 5.85. The van der Waals surface area contributed by atoms with Crippen molar-refractivity contribution < 1.29 is 23.1 Å². The Balaban J connectivity index is 1.91. The van der Waals surface area contributed by atoms with Crippen LogP contribution in [-0.4, -0.2) is 12.4 Å². The number of benzene rings is 3. The molecule has 136 valence electrons. The molecule has 0 aliphatic rings. The first-order valence-corrected chi connectivity index (χ1v) is 8.06. The molecule has 4 nitrogen and oxygen atoms in total. The summed E-state index contributed by atoms with van der Waals surface area (Å²) in [5, 5.41) is 2.41. The maximum Gasteiger partial charge on any atom is 0.298 e. The molecule has 1 amide bonds. The number of amides is 1. The number of rotatable bonds is 5. The zero-order valence-electron chi connectivity index (χ0n) is 14.3. The highest BCUT2D eigenvalue weighted by atomic mass is 19.1. The molecule has 0 saturated carbocycles. The number of halogens is 2. The summed E-state index contributed by atoms with van der Waals surface area (Å²) in [5.41, 5.74) is 1.13. The number of carbonyl (C=O) groups is 2. The van der Waals surface area contributed by atoms with Gasteiger partial charge in [0.1, 0.15) is 17.4 Å². The van der Waals surface area contributed by atoms with Crippen LogP contribution in [0.15, 0.2) is 60.7 Å². The molecule has 0 spiro atoms. The van der Waals surface area contributed by atoms with Gasteiger partial charge in [-0.1, -0.05) is 42.0 Å².